The molecule has 1 aliphatic rings. The fraction of sp³-hybridized carbons (Fsp3) is 0.294. The molecule has 0 atom stereocenters. The van der Waals surface area contributed by atoms with Crippen LogP contribution in [0, 0.1) is 0 Å². The van der Waals surface area contributed by atoms with Crippen molar-refractivity contribution in [3.63, 3.8) is 0 Å². The zero-order chi connectivity index (χ0) is 18.5. The van der Waals surface area contributed by atoms with Crippen molar-refractivity contribution >= 4 is 36.7 Å². The number of H-pyrrole nitrogens is 2. The molecule has 9 heteroatoms. The van der Waals surface area contributed by atoms with E-state index in [0.717, 1.165) is 27.2 Å². The fourth-order valence-electron chi connectivity index (χ4n) is 3.29. The van der Waals surface area contributed by atoms with Gasteiger partial charge in [-0.1, -0.05) is 15.9 Å². The molecule has 26 heavy (non-hydrogen) atoms. The highest BCUT2D eigenvalue weighted by Gasteiger charge is 2.24. The maximum Gasteiger partial charge on any atom is 0.256 e. The van der Waals surface area contributed by atoms with Crippen molar-refractivity contribution < 1.29 is 8.42 Å². The van der Waals surface area contributed by atoms with Crippen LogP contribution in [0.1, 0.15) is 16.8 Å². The minimum Gasteiger partial charge on any atom is -0.361 e. The Kier molecular flexibility index (Phi) is 4.25. The van der Waals surface area contributed by atoms with Crippen molar-refractivity contribution in [1.29, 1.82) is 0 Å². The lowest BCUT2D eigenvalue weighted by Gasteiger charge is -2.27. The standard InChI is InChI=1S/C17H17BrN4O3S/c1-26(24,25)17-20-15-4-5-22(9-13(15)16(23)21-17)8-10-7-19-14-3-2-11(18)6-12(10)14/h2-3,6-7,19H,4-5,8-9H2,1H3,(H,20,21,23). The van der Waals surface area contributed by atoms with E-state index in [9.17, 15) is 13.2 Å². The molecule has 7 nitrogen and oxygen atoms in total. The second-order valence-electron chi connectivity index (χ2n) is 6.53. The molecule has 0 saturated carbocycles. The summed E-state index contributed by atoms with van der Waals surface area (Å²) >= 11 is 3.50. The predicted octanol–water partition coefficient (Wildman–Crippen LogP) is 1.98. The van der Waals surface area contributed by atoms with Crippen LogP contribution in [-0.4, -0.2) is 41.1 Å². The smallest absolute Gasteiger partial charge is 0.256 e. The molecule has 1 aromatic carbocycles. The van der Waals surface area contributed by atoms with Crippen LogP contribution in [0.5, 0.6) is 0 Å². The highest BCUT2D eigenvalue weighted by molar-refractivity contribution is 9.10. The van der Waals surface area contributed by atoms with E-state index in [4.69, 9.17) is 0 Å². The van der Waals surface area contributed by atoms with E-state index in [1.807, 2.05) is 18.3 Å². The van der Waals surface area contributed by atoms with E-state index in [1.54, 1.807) is 0 Å². The summed E-state index contributed by atoms with van der Waals surface area (Å²) < 4.78 is 24.3. The second kappa shape index (κ2) is 6.33. The maximum absolute atomic E-state index is 12.3. The Bertz CT molecular complexity index is 1170. The lowest BCUT2D eigenvalue weighted by molar-refractivity contribution is 0.241. The van der Waals surface area contributed by atoms with Crippen LogP contribution in [0.3, 0.4) is 0 Å². The van der Waals surface area contributed by atoms with Crippen LogP contribution in [0.4, 0.5) is 0 Å². The van der Waals surface area contributed by atoms with Crippen molar-refractivity contribution in [3.8, 4) is 0 Å². The van der Waals surface area contributed by atoms with Crippen LogP contribution in [-0.2, 0) is 29.3 Å². The number of aromatic amines is 2. The number of sulfone groups is 1. The van der Waals surface area contributed by atoms with E-state index in [2.05, 4.69) is 41.8 Å². The Balaban J connectivity index is 1.62. The first-order valence-corrected chi connectivity index (χ1v) is 10.8. The van der Waals surface area contributed by atoms with E-state index in [0.29, 0.717) is 37.3 Å². The monoisotopic (exact) mass is 436 g/mol. The van der Waals surface area contributed by atoms with Crippen LogP contribution in [0.15, 0.2) is 38.8 Å². The van der Waals surface area contributed by atoms with Gasteiger partial charge in [-0.3, -0.25) is 14.7 Å². The first-order chi connectivity index (χ1) is 12.3. The molecule has 2 N–H and O–H groups in total. The number of halogens is 1. The number of benzene rings is 1. The van der Waals surface area contributed by atoms with Gasteiger partial charge in [0.15, 0.2) is 0 Å². The third-order valence-electron chi connectivity index (χ3n) is 4.60. The van der Waals surface area contributed by atoms with E-state index in [-0.39, 0.29) is 10.7 Å². The molecule has 0 radical (unpaired) electrons. The summed E-state index contributed by atoms with van der Waals surface area (Å²) in [6, 6.07) is 6.09. The van der Waals surface area contributed by atoms with Crippen molar-refractivity contribution in [2.45, 2.75) is 24.7 Å². The van der Waals surface area contributed by atoms with Gasteiger partial charge in [-0.05, 0) is 23.8 Å². The molecular formula is C17H17BrN4O3S. The Morgan fingerprint density at radius 1 is 1.35 bits per heavy atom. The zero-order valence-electron chi connectivity index (χ0n) is 14.0. The molecule has 0 aliphatic carbocycles. The molecule has 0 bridgehead atoms. The van der Waals surface area contributed by atoms with Gasteiger partial charge in [-0.15, -0.1) is 0 Å². The maximum atomic E-state index is 12.3. The largest absolute Gasteiger partial charge is 0.361 e. The van der Waals surface area contributed by atoms with Gasteiger partial charge in [0.25, 0.3) is 5.56 Å². The zero-order valence-corrected chi connectivity index (χ0v) is 16.4. The normalized spacial score (nSPS) is 15.3. The topological polar surface area (TPSA) is 98.9 Å². The number of hydrogen-bond donors (Lipinski definition) is 2. The molecule has 3 aromatic rings. The number of rotatable bonds is 3. The minimum absolute atomic E-state index is 0.254. The molecule has 0 unspecified atom stereocenters. The van der Waals surface area contributed by atoms with Gasteiger partial charge in [0.05, 0.1) is 11.3 Å². The van der Waals surface area contributed by atoms with E-state index in [1.165, 1.54) is 0 Å². The Hall–Kier alpha value is -1.97. The first-order valence-electron chi connectivity index (χ1n) is 8.11. The summed E-state index contributed by atoms with van der Waals surface area (Å²) in [5.41, 5.74) is 2.97. The predicted molar refractivity (Wildman–Crippen MR) is 102 cm³/mol. The Labute approximate surface area is 158 Å². The average Bonchev–Trinajstić information content (AvgIpc) is 2.96. The van der Waals surface area contributed by atoms with Gasteiger partial charge in [0.1, 0.15) is 0 Å². The first kappa shape index (κ1) is 17.4. The van der Waals surface area contributed by atoms with Gasteiger partial charge in [0.2, 0.25) is 15.0 Å². The molecule has 0 fully saturated rings. The summed E-state index contributed by atoms with van der Waals surface area (Å²) in [6.07, 6.45) is 3.58. The summed E-state index contributed by atoms with van der Waals surface area (Å²) in [7, 11) is -3.53. The quantitative estimate of drug-likeness (QED) is 0.611. The minimum atomic E-state index is -3.53. The van der Waals surface area contributed by atoms with Crippen LogP contribution >= 0.6 is 15.9 Å². The number of hydrogen-bond acceptors (Lipinski definition) is 5. The number of fused-ring (bicyclic) bond motifs is 2. The van der Waals surface area contributed by atoms with Crippen molar-refractivity contribution in [3.05, 3.63) is 56.0 Å². The van der Waals surface area contributed by atoms with Crippen molar-refractivity contribution in [1.82, 2.24) is 19.9 Å². The summed E-state index contributed by atoms with van der Waals surface area (Å²) in [5, 5.41) is 0.890. The van der Waals surface area contributed by atoms with Gasteiger partial charge in [0, 0.05) is 53.9 Å². The SMILES string of the molecule is CS(=O)(=O)c1nc2c(c(=O)[nH]1)CN(Cc1c[nH]c3ccc(Br)cc13)CC2. The van der Waals surface area contributed by atoms with E-state index >= 15 is 0 Å². The van der Waals surface area contributed by atoms with E-state index < -0.39 is 9.84 Å². The van der Waals surface area contributed by atoms with Crippen molar-refractivity contribution in [2.24, 2.45) is 0 Å². The van der Waals surface area contributed by atoms with Gasteiger partial charge >= 0.3 is 0 Å². The van der Waals surface area contributed by atoms with Crippen LogP contribution in [0.25, 0.3) is 10.9 Å². The molecule has 0 saturated heterocycles. The molecule has 2 aromatic heterocycles. The van der Waals surface area contributed by atoms with Gasteiger partial charge in [-0.25, -0.2) is 13.4 Å². The van der Waals surface area contributed by atoms with Gasteiger partial charge in [-0.2, -0.15) is 0 Å². The molecule has 0 amide bonds. The summed E-state index contributed by atoms with van der Waals surface area (Å²) in [6.45, 7) is 1.86. The third kappa shape index (κ3) is 3.22. The van der Waals surface area contributed by atoms with Crippen LogP contribution < -0.4 is 5.56 Å². The molecule has 3 heterocycles. The third-order valence-corrected chi connectivity index (χ3v) is 5.99. The lowest BCUT2D eigenvalue weighted by atomic mass is 10.1. The van der Waals surface area contributed by atoms with Crippen molar-refractivity contribution in [2.75, 3.05) is 12.8 Å². The highest BCUT2D eigenvalue weighted by atomic mass is 79.9. The lowest BCUT2D eigenvalue weighted by Crippen LogP contribution is -2.36. The van der Waals surface area contributed by atoms with Gasteiger partial charge < -0.3 is 4.98 Å². The Morgan fingerprint density at radius 3 is 2.92 bits per heavy atom. The Morgan fingerprint density at radius 2 is 2.15 bits per heavy atom. The second-order valence-corrected chi connectivity index (χ2v) is 9.38. The number of nitrogens with one attached hydrogen (secondary N) is 2. The number of aromatic nitrogens is 3. The molecule has 4 rings (SSSR count). The fourth-order valence-corrected chi connectivity index (χ4v) is 4.21. The highest BCUT2D eigenvalue weighted by Crippen LogP contribution is 2.25. The summed E-state index contributed by atoms with van der Waals surface area (Å²) in [5.74, 6) is 0. The molecule has 0 spiro atoms. The number of nitrogens with zero attached hydrogens (tertiary/aromatic N) is 2. The molecule has 136 valence electrons. The molecule has 1 aliphatic heterocycles. The van der Waals surface area contributed by atoms with Crippen LogP contribution in [0.2, 0.25) is 0 Å². The average molecular weight is 437 g/mol. The summed E-state index contributed by atoms with van der Waals surface area (Å²) in [4.78, 5) is 24.3. The molecular weight excluding hydrogens is 420 g/mol.